The number of carbonyl (C=O) groups is 2. The molecule has 0 spiro atoms. The molecule has 0 atom stereocenters. The Morgan fingerprint density at radius 3 is 2.46 bits per heavy atom. The van der Waals surface area contributed by atoms with Gasteiger partial charge in [-0.3, -0.25) is 9.59 Å². The average molecular weight is 357 g/mol. The lowest BCUT2D eigenvalue weighted by atomic mass is 10.1. The smallest absolute Gasteiger partial charge is 0.274 e. The molecule has 1 saturated heterocycles. The summed E-state index contributed by atoms with van der Waals surface area (Å²) in [4.78, 5) is 30.5. The third-order valence-electron chi connectivity index (χ3n) is 4.81. The van der Waals surface area contributed by atoms with Crippen LogP contribution in [-0.4, -0.2) is 56.1 Å². The van der Waals surface area contributed by atoms with Crippen molar-refractivity contribution in [2.24, 2.45) is 0 Å². The molecule has 0 aliphatic carbocycles. The van der Waals surface area contributed by atoms with Crippen LogP contribution in [-0.2, 0) is 14.3 Å². The second-order valence-corrected chi connectivity index (χ2v) is 6.62. The Morgan fingerprint density at radius 1 is 1.15 bits per heavy atom. The van der Waals surface area contributed by atoms with Gasteiger partial charge in [0.2, 0.25) is 5.91 Å². The van der Waals surface area contributed by atoms with E-state index >= 15 is 0 Å². The fourth-order valence-corrected chi connectivity index (χ4v) is 3.48. The van der Waals surface area contributed by atoms with E-state index in [2.05, 4.69) is 11.8 Å². The summed E-state index contributed by atoms with van der Waals surface area (Å²) in [5.74, 6) is 0.0778. The lowest BCUT2D eigenvalue weighted by molar-refractivity contribution is -0.118. The van der Waals surface area contributed by atoms with Crippen molar-refractivity contribution in [3.63, 3.8) is 0 Å². The molecule has 2 heterocycles. The predicted octanol–water partition coefficient (Wildman–Crippen LogP) is 2.40. The van der Waals surface area contributed by atoms with Crippen LogP contribution in [0.2, 0.25) is 0 Å². The summed E-state index contributed by atoms with van der Waals surface area (Å²) in [6, 6.07) is 7.71. The van der Waals surface area contributed by atoms with E-state index in [9.17, 15) is 9.59 Å². The Labute approximate surface area is 155 Å². The van der Waals surface area contributed by atoms with Gasteiger partial charge in [-0.2, -0.15) is 0 Å². The largest absolute Gasteiger partial charge is 0.378 e. The van der Waals surface area contributed by atoms with Crippen LogP contribution in [0.4, 0.5) is 11.4 Å². The minimum Gasteiger partial charge on any atom is -0.378 e. The van der Waals surface area contributed by atoms with Gasteiger partial charge < -0.3 is 19.4 Å². The summed E-state index contributed by atoms with van der Waals surface area (Å²) in [6.45, 7) is 7.85. The first-order valence-corrected chi connectivity index (χ1v) is 9.34. The first-order valence-electron chi connectivity index (χ1n) is 9.34. The molecule has 6 nitrogen and oxygen atoms in total. The number of nitrogens with zero attached hydrogens (tertiary/aromatic N) is 3. The first-order chi connectivity index (χ1) is 12.6. The van der Waals surface area contributed by atoms with Crippen LogP contribution in [0.25, 0.3) is 0 Å². The minimum atomic E-state index is 0.0335. The maximum atomic E-state index is 13.0. The van der Waals surface area contributed by atoms with Crippen molar-refractivity contribution in [2.75, 3.05) is 49.2 Å². The Bertz CT molecular complexity index is 678. The quantitative estimate of drug-likeness (QED) is 0.812. The topological polar surface area (TPSA) is 53.1 Å². The molecule has 2 aliphatic heterocycles. The average Bonchev–Trinajstić information content (AvgIpc) is 2.67. The van der Waals surface area contributed by atoms with E-state index in [0.29, 0.717) is 26.3 Å². The van der Waals surface area contributed by atoms with Gasteiger partial charge in [0.15, 0.2) is 0 Å². The molecule has 0 radical (unpaired) electrons. The number of carbonyl (C=O) groups excluding carboxylic acids is 2. The molecule has 0 aromatic heterocycles. The van der Waals surface area contributed by atoms with Crippen LogP contribution in [0.5, 0.6) is 0 Å². The fourth-order valence-electron chi connectivity index (χ4n) is 3.48. The molecule has 1 fully saturated rings. The van der Waals surface area contributed by atoms with E-state index in [1.165, 1.54) is 0 Å². The molecule has 0 N–H and O–H groups in total. The zero-order valence-corrected chi connectivity index (χ0v) is 15.6. The van der Waals surface area contributed by atoms with Crippen molar-refractivity contribution in [1.29, 1.82) is 0 Å². The van der Waals surface area contributed by atoms with Crippen LogP contribution in [0.3, 0.4) is 0 Å². The van der Waals surface area contributed by atoms with Crippen LogP contribution in [0, 0.1) is 0 Å². The summed E-state index contributed by atoms with van der Waals surface area (Å²) in [5.41, 5.74) is 2.52. The minimum absolute atomic E-state index is 0.0335. The van der Waals surface area contributed by atoms with Gasteiger partial charge in [-0.1, -0.05) is 13.0 Å². The molecule has 0 unspecified atom stereocenters. The lowest BCUT2D eigenvalue weighted by Gasteiger charge is -2.35. The number of ether oxygens (including phenoxy) is 1. The molecule has 6 heteroatoms. The highest BCUT2D eigenvalue weighted by molar-refractivity contribution is 6.06. The first kappa shape index (κ1) is 18.5. The normalized spacial score (nSPS) is 17.9. The number of hydrogen-bond acceptors (Lipinski definition) is 4. The van der Waals surface area contributed by atoms with Gasteiger partial charge in [-0.05, 0) is 37.1 Å². The van der Waals surface area contributed by atoms with Crippen molar-refractivity contribution >= 4 is 23.2 Å². The highest BCUT2D eigenvalue weighted by Gasteiger charge is 2.28. The van der Waals surface area contributed by atoms with Crippen LogP contribution < -0.4 is 9.80 Å². The highest BCUT2D eigenvalue weighted by Crippen LogP contribution is 2.26. The SMILES string of the molecule is CCCN(C(C)=O)c1ccc(N2CCC=C(N3CCOCC3)C2=O)cc1. The third kappa shape index (κ3) is 3.90. The lowest BCUT2D eigenvalue weighted by Crippen LogP contribution is -2.45. The Hall–Kier alpha value is -2.34. The third-order valence-corrected chi connectivity index (χ3v) is 4.81. The standard InChI is InChI=1S/C20H27N3O3/c1-3-10-22(16(2)24)17-6-8-18(9-7-17)23-11-4-5-19(20(23)25)21-12-14-26-15-13-21/h5-9H,3-4,10-15H2,1-2H3. The van der Waals surface area contributed by atoms with Crippen molar-refractivity contribution in [3.8, 4) is 0 Å². The van der Waals surface area contributed by atoms with E-state index < -0.39 is 0 Å². The van der Waals surface area contributed by atoms with Gasteiger partial charge in [0.1, 0.15) is 0 Å². The van der Waals surface area contributed by atoms with Crippen molar-refractivity contribution in [2.45, 2.75) is 26.7 Å². The van der Waals surface area contributed by atoms with Crippen LogP contribution >= 0.6 is 0 Å². The molecule has 2 aliphatic rings. The van der Waals surface area contributed by atoms with Gasteiger partial charge >= 0.3 is 0 Å². The maximum Gasteiger partial charge on any atom is 0.274 e. The van der Waals surface area contributed by atoms with E-state index in [4.69, 9.17) is 4.74 Å². The summed E-state index contributed by atoms with van der Waals surface area (Å²) in [6.07, 6.45) is 3.78. The second kappa shape index (κ2) is 8.36. The predicted molar refractivity (Wildman–Crippen MR) is 102 cm³/mol. The molecule has 0 bridgehead atoms. The molecular formula is C20H27N3O3. The number of anilines is 2. The van der Waals surface area contributed by atoms with E-state index in [0.717, 1.165) is 43.0 Å². The Morgan fingerprint density at radius 2 is 1.85 bits per heavy atom. The number of hydrogen-bond donors (Lipinski definition) is 0. The molecule has 0 saturated carbocycles. The van der Waals surface area contributed by atoms with Crippen molar-refractivity contribution < 1.29 is 14.3 Å². The molecule has 1 aromatic rings. The second-order valence-electron chi connectivity index (χ2n) is 6.62. The fraction of sp³-hybridized carbons (Fsp3) is 0.500. The van der Waals surface area contributed by atoms with Crippen LogP contribution in [0.15, 0.2) is 36.0 Å². The van der Waals surface area contributed by atoms with Gasteiger partial charge in [0.05, 0.1) is 18.9 Å². The van der Waals surface area contributed by atoms with Gasteiger partial charge in [0.25, 0.3) is 5.91 Å². The molecule has 2 amide bonds. The van der Waals surface area contributed by atoms with Crippen molar-refractivity contribution in [1.82, 2.24) is 4.90 Å². The molecule has 140 valence electrons. The molecule has 26 heavy (non-hydrogen) atoms. The summed E-state index contributed by atoms with van der Waals surface area (Å²) in [7, 11) is 0. The van der Waals surface area contributed by atoms with E-state index in [-0.39, 0.29) is 11.8 Å². The van der Waals surface area contributed by atoms with E-state index in [1.54, 1.807) is 11.8 Å². The van der Waals surface area contributed by atoms with Gasteiger partial charge in [-0.25, -0.2) is 0 Å². The zero-order chi connectivity index (χ0) is 18.5. The van der Waals surface area contributed by atoms with Crippen LogP contribution in [0.1, 0.15) is 26.7 Å². The van der Waals surface area contributed by atoms with Gasteiger partial charge in [0, 0.05) is 44.5 Å². The van der Waals surface area contributed by atoms with E-state index in [1.807, 2.05) is 35.2 Å². The number of benzene rings is 1. The van der Waals surface area contributed by atoms with Crippen molar-refractivity contribution in [3.05, 3.63) is 36.0 Å². The van der Waals surface area contributed by atoms with Gasteiger partial charge in [-0.15, -0.1) is 0 Å². The number of rotatable bonds is 5. The summed E-state index contributed by atoms with van der Waals surface area (Å²) >= 11 is 0. The highest BCUT2D eigenvalue weighted by atomic mass is 16.5. The Kier molecular flexibility index (Phi) is 5.93. The molecular weight excluding hydrogens is 330 g/mol. The summed E-state index contributed by atoms with van der Waals surface area (Å²) in [5, 5.41) is 0. The molecule has 3 rings (SSSR count). The number of amides is 2. The monoisotopic (exact) mass is 357 g/mol. The maximum absolute atomic E-state index is 13.0. The Balaban J connectivity index is 1.75. The molecule has 1 aromatic carbocycles. The zero-order valence-electron chi connectivity index (χ0n) is 15.6. The summed E-state index contributed by atoms with van der Waals surface area (Å²) < 4.78 is 5.39. The number of morpholine rings is 1.